The van der Waals surface area contributed by atoms with Crippen molar-refractivity contribution in [1.82, 2.24) is 0 Å². The second-order valence-electron chi connectivity index (χ2n) is 6.88. The molecule has 30 heavy (non-hydrogen) atoms. The average Bonchev–Trinajstić information content (AvgIpc) is 2.71. The molecule has 0 saturated carbocycles. The highest BCUT2D eigenvalue weighted by Gasteiger charge is 2.20. The maximum absolute atomic E-state index is 12.6. The van der Waals surface area contributed by atoms with Gasteiger partial charge in [-0.15, -0.1) is 0 Å². The predicted molar refractivity (Wildman–Crippen MR) is 110 cm³/mol. The summed E-state index contributed by atoms with van der Waals surface area (Å²) in [5.41, 5.74) is 1.05. The third-order valence-electron chi connectivity index (χ3n) is 4.71. The Morgan fingerprint density at radius 3 is 2.60 bits per heavy atom. The molecular weight excluding hydrogens is 410 g/mol. The van der Waals surface area contributed by atoms with Gasteiger partial charge < -0.3 is 19.2 Å². The van der Waals surface area contributed by atoms with Crippen LogP contribution in [0.15, 0.2) is 56.6 Å². The first kappa shape index (κ1) is 20.0. The van der Waals surface area contributed by atoms with Crippen molar-refractivity contribution in [3.8, 4) is 11.5 Å². The molecule has 0 aliphatic carbocycles. The van der Waals surface area contributed by atoms with Crippen LogP contribution in [0.25, 0.3) is 11.0 Å². The van der Waals surface area contributed by atoms with E-state index in [2.05, 4.69) is 5.32 Å². The zero-order valence-electron chi connectivity index (χ0n) is 16.1. The second-order valence-corrected chi connectivity index (χ2v) is 8.99. The lowest BCUT2D eigenvalue weighted by atomic mass is 10.1. The number of rotatable bonds is 5. The third-order valence-corrected chi connectivity index (χ3v) is 6.42. The predicted octanol–water partition coefficient (Wildman–Crippen LogP) is 2.68. The van der Waals surface area contributed by atoms with Crippen LogP contribution in [0.2, 0.25) is 0 Å². The molecule has 1 aromatic heterocycles. The first-order valence-electron chi connectivity index (χ1n) is 9.29. The van der Waals surface area contributed by atoms with Crippen LogP contribution in [-0.2, 0) is 14.6 Å². The number of hydrogen-bond acceptors (Lipinski definition) is 7. The number of carbonyl (C=O) groups is 1. The van der Waals surface area contributed by atoms with Crippen LogP contribution in [0.5, 0.6) is 11.5 Å². The highest BCUT2D eigenvalue weighted by atomic mass is 32.2. The van der Waals surface area contributed by atoms with Gasteiger partial charge in [-0.2, -0.15) is 0 Å². The van der Waals surface area contributed by atoms with Gasteiger partial charge in [-0.05, 0) is 36.8 Å². The lowest BCUT2D eigenvalue weighted by Gasteiger charge is -2.18. The summed E-state index contributed by atoms with van der Waals surface area (Å²) < 4.78 is 41.2. The molecule has 0 spiro atoms. The Hall–Kier alpha value is -3.33. The minimum absolute atomic E-state index is 0.0718. The largest absolute Gasteiger partial charge is 0.486 e. The van der Waals surface area contributed by atoms with E-state index in [-0.39, 0.29) is 17.1 Å². The van der Waals surface area contributed by atoms with Gasteiger partial charge in [0.2, 0.25) is 5.91 Å². The van der Waals surface area contributed by atoms with Gasteiger partial charge in [-0.1, -0.05) is 0 Å². The van der Waals surface area contributed by atoms with Gasteiger partial charge in [0, 0.05) is 35.7 Å². The second kappa shape index (κ2) is 7.83. The fourth-order valence-electron chi connectivity index (χ4n) is 3.19. The molecule has 8 nitrogen and oxygen atoms in total. The molecule has 0 atom stereocenters. The summed E-state index contributed by atoms with van der Waals surface area (Å²) in [7, 11) is -3.68. The number of hydrogen-bond donors (Lipinski definition) is 1. The number of fused-ring (bicyclic) bond motifs is 2. The Morgan fingerprint density at radius 2 is 1.80 bits per heavy atom. The van der Waals surface area contributed by atoms with Crippen LogP contribution in [0.3, 0.4) is 0 Å². The summed E-state index contributed by atoms with van der Waals surface area (Å²) >= 11 is 0. The quantitative estimate of drug-likeness (QED) is 0.621. The first-order chi connectivity index (χ1) is 14.3. The van der Waals surface area contributed by atoms with E-state index in [0.29, 0.717) is 36.0 Å². The van der Waals surface area contributed by atoms with Crippen molar-refractivity contribution in [3.05, 3.63) is 58.4 Å². The molecule has 0 unspecified atom stereocenters. The summed E-state index contributed by atoms with van der Waals surface area (Å²) in [6.45, 7) is 2.56. The van der Waals surface area contributed by atoms with E-state index in [1.807, 2.05) is 0 Å². The van der Waals surface area contributed by atoms with E-state index in [9.17, 15) is 18.0 Å². The van der Waals surface area contributed by atoms with Crippen molar-refractivity contribution in [1.29, 1.82) is 0 Å². The molecule has 1 aliphatic heterocycles. The number of benzene rings is 2. The van der Waals surface area contributed by atoms with E-state index in [1.54, 1.807) is 25.1 Å². The van der Waals surface area contributed by atoms with Crippen molar-refractivity contribution in [2.75, 3.05) is 24.3 Å². The van der Waals surface area contributed by atoms with E-state index in [1.165, 1.54) is 24.3 Å². The summed E-state index contributed by atoms with van der Waals surface area (Å²) in [5, 5.41) is 3.39. The number of anilines is 1. The average molecular weight is 429 g/mol. The van der Waals surface area contributed by atoms with Crippen LogP contribution in [0, 0.1) is 6.92 Å². The molecule has 0 saturated heterocycles. The maximum Gasteiger partial charge on any atom is 0.336 e. The maximum atomic E-state index is 12.6. The zero-order chi connectivity index (χ0) is 21.3. The normalized spacial score (nSPS) is 13.2. The highest BCUT2D eigenvalue weighted by Crippen LogP contribution is 2.32. The van der Waals surface area contributed by atoms with Gasteiger partial charge in [0.1, 0.15) is 18.8 Å². The minimum Gasteiger partial charge on any atom is -0.486 e. The van der Waals surface area contributed by atoms with Gasteiger partial charge in [0.25, 0.3) is 0 Å². The molecule has 1 aliphatic rings. The highest BCUT2D eigenvalue weighted by molar-refractivity contribution is 7.91. The van der Waals surface area contributed by atoms with Gasteiger partial charge in [0.15, 0.2) is 21.3 Å². The minimum atomic E-state index is -3.68. The number of carbonyl (C=O) groups excluding carboxylic acids is 1. The Labute approximate surface area is 172 Å². The fraction of sp³-hybridized carbons (Fsp3) is 0.238. The zero-order valence-corrected chi connectivity index (χ0v) is 17.0. The summed E-state index contributed by atoms with van der Waals surface area (Å²) in [6.07, 6.45) is -0.230. The van der Waals surface area contributed by atoms with Crippen molar-refractivity contribution in [2.24, 2.45) is 0 Å². The van der Waals surface area contributed by atoms with Crippen molar-refractivity contribution in [3.63, 3.8) is 0 Å². The monoisotopic (exact) mass is 429 g/mol. The van der Waals surface area contributed by atoms with Gasteiger partial charge in [-0.25, -0.2) is 13.2 Å². The number of aryl methyl sites for hydroxylation is 1. The smallest absolute Gasteiger partial charge is 0.336 e. The molecule has 156 valence electrons. The van der Waals surface area contributed by atoms with Gasteiger partial charge in [0.05, 0.1) is 10.6 Å². The first-order valence-corrected chi connectivity index (χ1v) is 10.9. The van der Waals surface area contributed by atoms with Crippen LogP contribution in [0.1, 0.15) is 12.0 Å². The summed E-state index contributed by atoms with van der Waals surface area (Å²) in [5.74, 6) is 0.0431. The number of nitrogens with one attached hydrogen (secondary N) is 1. The van der Waals surface area contributed by atoms with E-state index in [0.717, 1.165) is 10.9 Å². The van der Waals surface area contributed by atoms with E-state index < -0.39 is 21.4 Å². The van der Waals surface area contributed by atoms with Crippen LogP contribution >= 0.6 is 0 Å². The summed E-state index contributed by atoms with van der Waals surface area (Å²) in [6, 6.07) is 10.7. The van der Waals surface area contributed by atoms with Crippen molar-refractivity contribution >= 4 is 32.4 Å². The number of sulfone groups is 1. The van der Waals surface area contributed by atoms with E-state index >= 15 is 0 Å². The molecule has 0 bridgehead atoms. The topological polar surface area (TPSA) is 112 Å². The molecule has 2 heterocycles. The summed E-state index contributed by atoms with van der Waals surface area (Å²) in [4.78, 5) is 23.9. The Balaban J connectivity index is 1.44. The standard InChI is InChI=1S/C21H19NO7S/c1-13-10-21(24)29-18-11-14(2-4-16(13)18)22-20(23)6-9-30(25,26)15-3-5-17-19(12-15)28-8-7-27-17/h2-5,10-12H,6-9H2,1H3,(H,22,23). The van der Waals surface area contributed by atoms with Crippen LogP contribution in [0.4, 0.5) is 5.69 Å². The lowest BCUT2D eigenvalue weighted by Crippen LogP contribution is -2.18. The Morgan fingerprint density at radius 1 is 1.03 bits per heavy atom. The lowest BCUT2D eigenvalue weighted by molar-refractivity contribution is -0.115. The molecule has 0 radical (unpaired) electrons. The van der Waals surface area contributed by atoms with Crippen LogP contribution in [-0.4, -0.2) is 33.3 Å². The Bertz CT molecular complexity index is 1290. The third kappa shape index (κ3) is 4.16. The van der Waals surface area contributed by atoms with Crippen molar-refractivity contribution in [2.45, 2.75) is 18.2 Å². The van der Waals surface area contributed by atoms with Gasteiger partial charge in [-0.3, -0.25) is 4.79 Å². The fourth-order valence-corrected chi connectivity index (χ4v) is 4.44. The molecule has 1 amide bonds. The molecule has 3 aromatic rings. The SMILES string of the molecule is Cc1cc(=O)oc2cc(NC(=O)CCS(=O)(=O)c3ccc4c(c3)OCCO4)ccc12. The molecular formula is C21H19NO7S. The van der Waals surface area contributed by atoms with Gasteiger partial charge >= 0.3 is 5.63 Å². The molecule has 0 fully saturated rings. The molecule has 4 rings (SSSR count). The Kier molecular flexibility index (Phi) is 5.21. The molecule has 9 heteroatoms. The number of amides is 1. The molecule has 2 aromatic carbocycles. The van der Waals surface area contributed by atoms with Crippen LogP contribution < -0.4 is 20.4 Å². The van der Waals surface area contributed by atoms with E-state index in [4.69, 9.17) is 13.9 Å². The molecule has 1 N–H and O–H groups in total. The van der Waals surface area contributed by atoms with Crippen molar-refractivity contribution < 1.29 is 27.1 Å². The number of ether oxygens (including phenoxy) is 2.